The topological polar surface area (TPSA) is 102 Å². The summed E-state index contributed by atoms with van der Waals surface area (Å²) < 4.78 is 25.8. The molecule has 0 saturated carbocycles. The molecule has 6 nitrogen and oxygen atoms in total. The van der Waals surface area contributed by atoms with Gasteiger partial charge < -0.3 is 5.73 Å². The van der Waals surface area contributed by atoms with Gasteiger partial charge in [-0.3, -0.25) is 9.78 Å². The maximum atomic E-state index is 11.9. The summed E-state index contributed by atoms with van der Waals surface area (Å²) in [6.07, 6.45) is 1.28. The molecule has 1 heterocycles. The van der Waals surface area contributed by atoms with Crippen molar-refractivity contribution in [3.8, 4) is 0 Å². The van der Waals surface area contributed by atoms with Crippen molar-refractivity contribution in [2.45, 2.75) is 11.3 Å². The molecular formula is C13H13N3O3S. The molecule has 2 aromatic rings. The first-order valence-electron chi connectivity index (χ1n) is 5.78. The van der Waals surface area contributed by atoms with Crippen LogP contribution < -0.4 is 10.5 Å². The lowest BCUT2D eigenvalue weighted by molar-refractivity contribution is -0.118. The third kappa shape index (κ3) is 3.55. The highest BCUT2D eigenvalue weighted by atomic mass is 32.2. The first kappa shape index (κ1) is 14.0. The number of hydrogen-bond donors (Lipinski definition) is 2. The van der Waals surface area contributed by atoms with E-state index in [0.29, 0.717) is 11.4 Å². The molecule has 104 valence electrons. The Balaban J connectivity index is 2.06. The average molecular weight is 291 g/mol. The van der Waals surface area contributed by atoms with Crippen molar-refractivity contribution < 1.29 is 13.2 Å². The molecule has 0 aliphatic heterocycles. The summed E-state index contributed by atoms with van der Waals surface area (Å²) in [5.74, 6) is -0.647. The number of nitrogens with zero attached hydrogens (tertiary/aromatic N) is 1. The van der Waals surface area contributed by atoms with Gasteiger partial charge in [-0.1, -0.05) is 18.2 Å². The smallest absolute Gasteiger partial charge is 0.264 e. The van der Waals surface area contributed by atoms with Crippen molar-refractivity contribution in [3.05, 3.63) is 54.4 Å². The number of aromatic nitrogens is 1. The van der Waals surface area contributed by atoms with Gasteiger partial charge in [0.1, 0.15) is 0 Å². The Morgan fingerprint density at radius 3 is 2.45 bits per heavy atom. The number of sulfonamides is 1. The van der Waals surface area contributed by atoms with E-state index in [2.05, 4.69) is 4.98 Å². The fraction of sp³-hybridized carbons (Fsp3) is 0.0769. The van der Waals surface area contributed by atoms with Crippen molar-refractivity contribution >= 4 is 21.6 Å². The van der Waals surface area contributed by atoms with Crippen molar-refractivity contribution in [2.75, 3.05) is 5.73 Å². The number of benzene rings is 1. The number of carbonyl (C=O) groups is 1. The zero-order valence-corrected chi connectivity index (χ0v) is 11.3. The first-order valence-corrected chi connectivity index (χ1v) is 7.27. The first-order chi connectivity index (χ1) is 9.47. The van der Waals surface area contributed by atoms with E-state index in [4.69, 9.17) is 5.73 Å². The largest absolute Gasteiger partial charge is 0.397 e. The molecule has 7 heteroatoms. The summed E-state index contributed by atoms with van der Waals surface area (Å²) >= 11 is 0. The van der Waals surface area contributed by atoms with Gasteiger partial charge in [0.15, 0.2) is 0 Å². The zero-order chi connectivity index (χ0) is 14.6. The maximum absolute atomic E-state index is 11.9. The van der Waals surface area contributed by atoms with E-state index in [1.165, 1.54) is 18.3 Å². The molecule has 20 heavy (non-hydrogen) atoms. The lowest BCUT2D eigenvalue weighted by Gasteiger charge is -2.06. The third-order valence-electron chi connectivity index (χ3n) is 2.49. The molecule has 0 atom stereocenters. The molecule has 2 rings (SSSR count). The number of nitrogens with one attached hydrogen (secondary N) is 1. The molecule has 0 aliphatic carbocycles. The minimum atomic E-state index is -3.84. The van der Waals surface area contributed by atoms with Crippen molar-refractivity contribution in [1.29, 1.82) is 0 Å². The van der Waals surface area contributed by atoms with E-state index >= 15 is 0 Å². The van der Waals surface area contributed by atoms with Gasteiger partial charge in [-0.2, -0.15) is 0 Å². The van der Waals surface area contributed by atoms with Crippen LogP contribution in [0.1, 0.15) is 5.69 Å². The van der Waals surface area contributed by atoms with Gasteiger partial charge in [0.25, 0.3) is 10.0 Å². The Morgan fingerprint density at radius 2 is 1.85 bits per heavy atom. The number of nitrogens with two attached hydrogens (primary N) is 1. The van der Waals surface area contributed by atoms with Crippen LogP contribution in [0.2, 0.25) is 0 Å². The van der Waals surface area contributed by atoms with Gasteiger partial charge in [0, 0.05) is 5.69 Å². The van der Waals surface area contributed by atoms with E-state index in [1.54, 1.807) is 30.3 Å². The number of hydrogen-bond acceptors (Lipinski definition) is 5. The molecule has 0 radical (unpaired) electrons. The van der Waals surface area contributed by atoms with E-state index in [9.17, 15) is 13.2 Å². The van der Waals surface area contributed by atoms with Crippen LogP contribution in [0.4, 0.5) is 5.69 Å². The molecule has 1 aromatic heterocycles. The number of carbonyl (C=O) groups excluding carboxylic acids is 1. The summed E-state index contributed by atoms with van der Waals surface area (Å²) in [6.45, 7) is 0. The van der Waals surface area contributed by atoms with E-state index < -0.39 is 15.9 Å². The summed E-state index contributed by atoms with van der Waals surface area (Å²) in [7, 11) is -3.84. The fourth-order valence-corrected chi connectivity index (χ4v) is 2.55. The van der Waals surface area contributed by atoms with Gasteiger partial charge in [-0.05, 0) is 24.3 Å². The van der Waals surface area contributed by atoms with Crippen molar-refractivity contribution in [1.82, 2.24) is 9.71 Å². The van der Waals surface area contributed by atoms with E-state index in [0.717, 1.165) is 0 Å². The SMILES string of the molecule is Nc1ccc(CC(=O)NS(=O)(=O)c2ccccc2)nc1. The molecule has 3 N–H and O–H groups in total. The Bertz CT molecular complexity index is 697. The van der Waals surface area contributed by atoms with E-state index in [-0.39, 0.29) is 11.3 Å². The highest BCUT2D eigenvalue weighted by Gasteiger charge is 2.17. The lowest BCUT2D eigenvalue weighted by Crippen LogP contribution is -2.31. The maximum Gasteiger partial charge on any atom is 0.264 e. The van der Waals surface area contributed by atoms with Gasteiger partial charge in [0.05, 0.1) is 23.2 Å². The second-order valence-corrected chi connectivity index (χ2v) is 5.78. The number of anilines is 1. The van der Waals surface area contributed by atoms with Crippen LogP contribution in [0, 0.1) is 0 Å². The van der Waals surface area contributed by atoms with Crippen LogP contribution in [0.3, 0.4) is 0 Å². The normalized spacial score (nSPS) is 11.0. The van der Waals surface area contributed by atoms with Crippen LogP contribution in [0.5, 0.6) is 0 Å². The molecule has 0 spiro atoms. The Morgan fingerprint density at radius 1 is 1.15 bits per heavy atom. The van der Waals surface area contributed by atoms with Gasteiger partial charge in [-0.25, -0.2) is 13.1 Å². The number of rotatable bonds is 4. The summed E-state index contributed by atoms with van der Waals surface area (Å²) in [6, 6.07) is 10.9. The predicted octanol–water partition coefficient (Wildman–Crippen LogP) is 0.711. The Kier molecular flexibility index (Phi) is 3.99. The van der Waals surface area contributed by atoms with Crippen LogP contribution in [-0.2, 0) is 21.2 Å². The van der Waals surface area contributed by atoms with Gasteiger partial charge in [0.2, 0.25) is 5.91 Å². The Hall–Kier alpha value is -2.41. The van der Waals surface area contributed by atoms with Gasteiger partial charge >= 0.3 is 0 Å². The van der Waals surface area contributed by atoms with Gasteiger partial charge in [-0.15, -0.1) is 0 Å². The number of nitrogen functional groups attached to an aromatic ring is 1. The van der Waals surface area contributed by atoms with Crippen molar-refractivity contribution in [2.24, 2.45) is 0 Å². The highest BCUT2D eigenvalue weighted by Crippen LogP contribution is 2.08. The minimum Gasteiger partial charge on any atom is -0.397 e. The molecule has 0 saturated heterocycles. The second-order valence-electron chi connectivity index (χ2n) is 4.10. The van der Waals surface area contributed by atoms with Crippen LogP contribution in [-0.4, -0.2) is 19.3 Å². The van der Waals surface area contributed by atoms with Crippen LogP contribution in [0.25, 0.3) is 0 Å². The average Bonchev–Trinajstić information content (AvgIpc) is 2.42. The molecular weight excluding hydrogens is 278 g/mol. The minimum absolute atomic E-state index is 0.0404. The highest BCUT2D eigenvalue weighted by molar-refractivity contribution is 7.90. The molecule has 0 aliphatic rings. The number of pyridine rings is 1. The van der Waals surface area contributed by atoms with Crippen LogP contribution in [0.15, 0.2) is 53.6 Å². The molecule has 0 fully saturated rings. The predicted molar refractivity (Wildman–Crippen MR) is 74.1 cm³/mol. The summed E-state index contributed by atoms with van der Waals surface area (Å²) in [4.78, 5) is 15.7. The zero-order valence-electron chi connectivity index (χ0n) is 10.5. The molecule has 1 amide bonds. The fourth-order valence-electron chi connectivity index (χ4n) is 1.55. The lowest BCUT2D eigenvalue weighted by atomic mass is 10.2. The summed E-state index contributed by atoms with van der Waals surface area (Å²) in [5, 5.41) is 0. The number of amides is 1. The Labute approximate surface area is 116 Å². The third-order valence-corrected chi connectivity index (χ3v) is 3.88. The standard InChI is InChI=1S/C13H13N3O3S/c14-10-6-7-11(15-9-10)8-13(17)16-20(18,19)12-4-2-1-3-5-12/h1-7,9H,8,14H2,(H,16,17). The van der Waals surface area contributed by atoms with Crippen LogP contribution >= 0.6 is 0 Å². The molecule has 0 bridgehead atoms. The molecule has 1 aromatic carbocycles. The quantitative estimate of drug-likeness (QED) is 0.863. The molecule has 0 unspecified atom stereocenters. The monoisotopic (exact) mass is 291 g/mol. The second kappa shape index (κ2) is 5.70. The summed E-state index contributed by atoms with van der Waals surface area (Å²) in [5.41, 5.74) is 6.40. The van der Waals surface area contributed by atoms with E-state index in [1.807, 2.05) is 4.72 Å². The van der Waals surface area contributed by atoms with Crippen molar-refractivity contribution in [3.63, 3.8) is 0 Å².